The number of aryl methyl sites for hydroxylation is 1. The number of aliphatic hydroxyl groups is 1. The van der Waals surface area contributed by atoms with Gasteiger partial charge in [0.05, 0.1) is 11.7 Å². The van der Waals surface area contributed by atoms with Crippen LogP contribution in [0.5, 0.6) is 11.6 Å². The number of ether oxygens (including phenoxy) is 1. The van der Waals surface area contributed by atoms with E-state index in [1.54, 1.807) is 18.7 Å². The third-order valence-corrected chi connectivity index (χ3v) is 5.35. The molecule has 1 aliphatic rings. The van der Waals surface area contributed by atoms with Gasteiger partial charge in [-0.3, -0.25) is 4.90 Å². The number of aliphatic hydroxyl groups excluding tert-OH is 1. The van der Waals surface area contributed by atoms with Crippen molar-refractivity contribution in [3.63, 3.8) is 0 Å². The molecule has 164 valence electrons. The van der Waals surface area contributed by atoms with Crippen molar-refractivity contribution in [3.8, 4) is 22.9 Å². The Morgan fingerprint density at radius 2 is 1.94 bits per heavy atom. The number of nitrogens with zero attached hydrogens (tertiary/aromatic N) is 3. The molecule has 4 rings (SSSR count). The fraction of sp³-hybridized carbons (Fsp3) is 0.375. The van der Waals surface area contributed by atoms with Gasteiger partial charge in [-0.15, -0.1) is 0 Å². The zero-order chi connectivity index (χ0) is 22.0. The standard InChI is InChI=1S/C24H27F2N3O2/c1-16(30)13-29(14-17-8-9-17)15-20-23(18-6-4-3-5-7-18)27-28(2)24(20)31-22-11-10-19(25)12-21(22)26/h3-7,10-12,16-17,30H,8-9,13-15H2,1-2H3. The minimum absolute atomic E-state index is 0.0606. The summed E-state index contributed by atoms with van der Waals surface area (Å²) in [6.45, 7) is 3.66. The Balaban J connectivity index is 1.73. The summed E-state index contributed by atoms with van der Waals surface area (Å²) in [6, 6.07) is 13.0. The van der Waals surface area contributed by atoms with Crippen LogP contribution in [0.15, 0.2) is 48.5 Å². The molecule has 3 aromatic rings. The van der Waals surface area contributed by atoms with Crippen LogP contribution in [0.2, 0.25) is 0 Å². The minimum atomic E-state index is -0.771. The van der Waals surface area contributed by atoms with Crippen molar-refractivity contribution in [1.82, 2.24) is 14.7 Å². The van der Waals surface area contributed by atoms with Gasteiger partial charge in [-0.2, -0.15) is 5.10 Å². The van der Waals surface area contributed by atoms with Crippen molar-refractivity contribution in [2.75, 3.05) is 13.1 Å². The molecule has 0 aliphatic heterocycles. The molecule has 1 fully saturated rings. The highest BCUT2D eigenvalue weighted by Gasteiger charge is 2.28. The molecule has 0 spiro atoms. The van der Waals surface area contributed by atoms with Crippen LogP contribution >= 0.6 is 0 Å². The second-order valence-corrected chi connectivity index (χ2v) is 8.29. The molecule has 0 radical (unpaired) electrons. The minimum Gasteiger partial charge on any atom is -0.436 e. The first kappa shape index (κ1) is 21.5. The van der Waals surface area contributed by atoms with Crippen molar-refractivity contribution >= 4 is 0 Å². The molecule has 1 heterocycles. The molecule has 1 N–H and O–H groups in total. The molecule has 7 heteroatoms. The first-order chi connectivity index (χ1) is 14.9. The summed E-state index contributed by atoms with van der Waals surface area (Å²) in [7, 11) is 1.74. The van der Waals surface area contributed by atoms with E-state index in [4.69, 9.17) is 4.74 Å². The maximum Gasteiger partial charge on any atom is 0.222 e. The largest absolute Gasteiger partial charge is 0.436 e. The normalized spacial score (nSPS) is 14.8. The molecule has 1 aliphatic carbocycles. The summed E-state index contributed by atoms with van der Waals surface area (Å²) in [5, 5.41) is 14.7. The van der Waals surface area contributed by atoms with Crippen molar-refractivity contribution < 1.29 is 18.6 Å². The maximum absolute atomic E-state index is 14.3. The van der Waals surface area contributed by atoms with Crippen LogP contribution in [-0.2, 0) is 13.6 Å². The lowest BCUT2D eigenvalue weighted by Crippen LogP contribution is -2.32. The SMILES string of the molecule is CC(O)CN(Cc1c(-c2ccccc2)nn(C)c1Oc1ccc(F)cc1F)CC1CC1. The van der Waals surface area contributed by atoms with E-state index in [1.165, 1.54) is 25.0 Å². The zero-order valence-electron chi connectivity index (χ0n) is 17.8. The highest BCUT2D eigenvalue weighted by atomic mass is 19.1. The average molecular weight is 427 g/mol. The van der Waals surface area contributed by atoms with E-state index < -0.39 is 17.7 Å². The van der Waals surface area contributed by atoms with Crippen molar-refractivity contribution in [2.45, 2.75) is 32.4 Å². The van der Waals surface area contributed by atoms with Gasteiger partial charge in [-0.25, -0.2) is 13.5 Å². The maximum atomic E-state index is 14.3. The van der Waals surface area contributed by atoms with E-state index in [0.717, 1.165) is 29.4 Å². The predicted octanol–water partition coefficient (Wildman–Crippen LogP) is 4.75. The Morgan fingerprint density at radius 1 is 1.19 bits per heavy atom. The van der Waals surface area contributed by atoms with E-state index in [-0.39, 0.29) is 5.75 Å². The third-order valence-electron chi connectivity index (χ3n) is 5.35. The van der Waals surface area contributed by atoms with Gasteiger partial charge in [-0.05, 0) is 37.8 Å². The summed E-state index contributed by atoms with van der Waals surface area (Å²) in [4.78, 5) is 2.19. The van der Waals surface area contributed by atoms with Crippen molar-refractivity contribution in [2.24, 2.45) is 13.0 Å². The Bertz CT molecular complexity index is 1030. The quantitative estimate of drug-likeness (QED) is 0.535. The van der Waals surface area contributed by atoms with E-state index in [0.29, 0.717) is 24.9 Å². The molecule has 0 amide bonds. The zero-order valence-corrected chi connectivity index (χ0v) is 17.8. The molecular formula is C24H27F2N3O2. The van der Waals surface area contributed by atoms with Gasteiger partial charge in [0.25, 0.3) is 0 Å². The molecule has 0 saturated heterocycles. The van der Waals surface area contributed by atoms with Gasteiger partial charge in [0.2, 0.25) is 5.88 Å². The highest BCUT2D eigenvalue weighted by molar-refractivity contribution is 5.65. The van der Waals surface area contributed by atoms with E-state index in [1.807, 2.05) is 30.3 Å². The van der Waals surface area contributed by atoms with Crippen LogP contribution in [0.4, 0.5) is 8.78 Å². The molecule has 1 saturated carbocycles. The molecule has 5 nitrogen and oxygen atoms in total. The lowest BCUT2D eigenvalue weighted by molar-refractivity contribution is 0.119. The Labute approximate surface area is 180 Å². The monoisotopic (exact) mass is 427 g/mol. The van der Waals surface area contributed by atoms with Gasteiger partial charge in [0, 0.05) is 38.3 Å². The number of rotatable bonds is 9. The van der Waals surface area contributed by atoms with E-state index >= 15 is 0 Å². The molecule has 1 unspecified atom stereocenters. The van der Waals surface area contributed by atoms with Gasteiger partial charge in [0.1, 0.15) is 11.5 Å². The van der Waals surface area contributed by atoms with Crippen LogP contribution in [0.25, 0.3) is 11.3 Å². The summed E-state index contributed by atoms with van der Waals surface area (Å²) < 4.78 is 35.2. The van der Waals surface area contributed by atoms with Crippen molar-refractivity contribution in [3.05, 3.63) is 65.7 Å². The molecule has 2 aromatic carbocycles. The number of benzene rings is 2. The van der Waals surface area contributed by atoms with Crippen LogP contribution < -0.4 is 4.74 Å². The predicted molar refractivity (Wildman–Crippen MR) is 115 cm³/mol. The fourth-order valence-electron chi connectivity index (χ4n) is 3.78. The summed E-state index contributed by atoms with van der Waals surface area (Å²) in [5.41, 5.74) is 2.47. The van der Waals surface area contributed by atoms with Gasteiger partial charge >= 0.3 is 0 Å². The third kappa shape index (κ3) is 5.29. The molecule has 1 atom stereocenters. The highest BCUT2D eigenvalue weighted by Crippen LogP contribution is 2.36. The van der Waals surface area contributed by atoms with Crippen LogP contribution in [0, 0.1) is 17.6 Å². The van der Waals surface area contributed by atoms with Gasteiger partial charge < -0.3 is 9.84 Å². The molecular weight excluding hydrogens is 400 g/mol. The summed E-state index contributed by atoms with van der Waals surface area (Å²) >= 11 is 0. The van der Waals surface area contributed by atoms with Crippen LogP contribution in [-0.4, -0.2) is 39.0 Å². The second-order valence-electron chi connectivity index (χ2n) is 8.29. The number of hydrogen-bond donors (Lipinski definition) is 1. The molecule has 1 aromatic heterocycles. The fourth-order valence-corrected chi connectivity index (χ4v) is 3.78. The average Bonchev–Trinajstić information content (AvgIpc) is 3.49. The van der Waals surface area contributed by atoms with Gasteiger partial charge in [0.15, 0.2) is 11.6 Å². The van der Waals surface area contributed by atoms with Gasteiger partial charge in [-0.1, -0.05) is 30.3 Å². The Morgan fingerprint density at radius 3 is 2.58 bits per heavy atom. The van der Waals surface area contributed by atoms with E-state index in [2.05, 4.69) is 10.00 Å². The van der Waals surface area contributed by atoms with Crippen LogP contribution in [0.1, 0.15) is 25.3 Å². The first-order valence-electron chi connectivity index (χ1n) is 10.6. The number of halogens is 2. The van der Waals surface area contributed by atoms with Crippen LogP contribution in [0.3, 0.4) is 0 Å². The topological polar surface area (TPSA) is 50.5 Å². The van der Waals surface area contributed by atoms with E-state index in [9.17, 15) is 13.9 Å². The lowest BCUT2D eigenvalue weighted by atomic mass is 10.1. The summed E-state index contributed by atoms with van der Waals surface area (Å²) in [5.74, 6) is -0.459. The molecule has 0 bridgehead atoms. The molecule has 31 heavy (non-hydrogen) atoms. The Kier molecular flexibility index (Phi) is 6.34. The Hall–Kier alpha value is -2.77. The smallest absolute Gasteiger partial charge is 0.222 e. The van der Waals surface area contributed by atoms with Crippen molar-refractivity contribution in [1.29, 1.82) is 0 Å². The first-order valence-corrected chi connectivity index (χ1v) is 10.6. The number of hydrogen-bond acceptors (Lipinski definition) is 4. The number of aromatic nitrogens is 2. The lowest BCUT2D eigenvalue weighted by Gasteiger charge is -2.24. The summed E-state index contributed by atoms with van der Waals surface area (Å²) in [6.07, 6.45) is 1.91. The second kappa shape index (κ2) is 9.16.